The van der Waals surface area contributed by atoms with E-state index >= 15 is 0 Å². The Hall–Kier alpha value is -2.72. The van der Waals surface area contributed by atoms with Gasteiger partial charge in [-0.05, 0) is 83.5 Å². The first-order valence-corrected chi connectivity index (χ1v) is 10.8. The fourth-order valence-corrected chi connectivity index (χ4v) is 3.65. The summed E-state index contributed by atoms with van der Waals surface area (Å²) in [7, 11) is 0. The maximum absolute atomic E-state index is 13.1. The number of hydrogen-bond acceptors (Lipinski definition) is 4. The number of rotatable bonds is 5. The van der Waals surface area contributed by atoms with Crippen molar-refractivity contribution < 1.29 is 27.5 Å². The average Bonchev–Trinajstić information content (AvgIpc) is 2.72. The van der Waals surface area contributed by atoms with Crippen molar-refractivity contribution in [3.8, 4) is 5.75 Å². The van der Waals surface area contributed by atoms with Crippen molar-refractivity contribution in [2.45, 2.75) is 32.5 Å². The summed E-state index contributed by atoms with van der Waals surface area (Å²) in [6.45, 7) is 3.92. The number of halogens is 4. The van der Waals surface area contributed by atoms with Crippen LogP contribution in [0.2, 0.25) is 0 Å². The number of carbonyl (C=O) groups is 2. The van der Waals surface area contributed by atoms with Crippen LogP contribution in [-0.4, -0.2) is 23.0 Å². The van der Waals surface area contributed by atoms with Gasteiger partial charge in [-0.1, -0.05) is 19.1 Å². The van der Waals surface area contributed by atoms with Crippen molar-refractivity contribution in [3.05, 3.63) is 63.6 Å². The van der Waals surface area contributed by atoms with Gasteiger partial charge in [0.2, 0.25) is 0 Å². The molecule has 0 saturated carbocycles. The Balaban J connectivity index is 1.95. The summed E-state index contributed by atoms with van der Waals surface area (Å²) in [6, 6.07) is 9.20. The predicted molar refractivity (Wildman–Crippen MR) is 122 cm³/mol. The van der Waals surface area contributed by atoms with Gasteiger partial charge >= 0.3 is 6.18 Å². The highest BCUT2D eigenvalue weighted by Crippen LogP contribution is 2.33. The standard InChI is InChI=1S/C22H18BrF3N2O3S/c1-3-12(2)31-18-8-7-13(10-17(18)23)9-16-19(29)27-21(32)28(20(16)30)15-6-4-5-14(11-15)22(24,25)26/h4-12H,3H2,1-2H3,(H,27,29,32)/b16-9+/t12-/m0/s1. The van der Waals surface area contributed by atoms with E-state index < -0.39 is 23.6 Å². The SMILES string of the molecule is CC[C@H](C)Oc1ccc(/C=C2\C(=O)NC(=S)N(c3cccc(C(F)(F)F)c3)C2=O)cc1Br. The van der Waals surface area contributed by atoms with Gasteiger partial charge < -0.3 is 4.74 Å². The molecule has 2 aromatic carbocycles. The van der Waals surface area contributed by atoms with Gasteiger partial charge in [0.05, 0.1) is 21.8 Å². The Morgan fingerprint density at radius 3 is 2.56 bits per heavy atom. The zero-order chi connectivity index (χ0) is 23.6. The minimum atomic E-state index is -4.59. The van der Waals surface area contributed by atoms with E-state index in [9.17, 15) is 22.8 Å². The van der Waals surface area contributed by atoms with Crippen LogP contribution in [0, 0.1) is 0 Å². The molecule has 0 spiro atoms. The molecule has 1 fully saturated rings. The highest BCUT2D eigenvalue weighted by Gasteiger charge is 2.36. The van der Waals surface area contributed by atoms with E-state index in [2.05, 4.69) is 21.2 Å². The molecule has 1 aliphatic heterocycles. The highest BCUT2D eigenvalue weighted by atomic mass is 79.9. The molecule has 168 valence electrons. The lowest BCUT2D eigenvalue weighted by molar-refractivity contribution is -0.137. The summed E-state index contributed by atoms with van der Waals surface area (Å²) >= 11 is 8.45. The van der Waals surface area contributed by atoms with Crippen molar-refractivity contribution in [1.29, 1.82) is 0 Å². The minimum Gasteiger partial charge on any atom is -0.490 e. The third-order valence-corrected chi connectivity index (χ3v) is 5.61. The van der Waals surface area contributed by atoms with Crippen LogP contribution in [0.4, 0.5) is 18.9 Å². The van der Waals surface area contributed by atoms with Gasteiger partial charge in [-0.25, -0.2) is 0 Å². The first kappa shape index (κ1) is 23.9. The lowest BCUT2D eigenvalue weighted by atomic mass is 10.1. The van der Waals surface area contributed by atoms with Gasteiger partial charge in [0, 0.05) is 0 Å². The van der Waals surface area contributed by atoms with E-state index in [-0.39, 0.29) is 22.5 Å². The fourth-order valence-electron chi connectivity index (χ4n) is 2.88. The summed E-state index contributed by atoms with van der Waals surface area (Å²) in [4.78, 5) is 26.3. The molecule has 0 bridgehead atoms. The summed E-state index contributed by atoms with van der Waals surface area (Å²) in [5, 5.41) is 2.06. The molecular weight excluding hydrogens is 509 g/mol. The Morgan fingerprint density at radius 1 is 1.22 bits per heavy atom. The number of nitrogens with zero attached hydrogens (tertiary/aromatic N) is 1. The van der Waals surface area contributed by atoms with Crippen LogP contribution in [0.1, 0.15) is 31.4 Å². The first-order valence-electron chi connectivity index (χ1n) is 9.56. The van der Waals surface area contributed by atoms with Gasteiger partial charge in [0.1, 0.15) is 11.3 Å². The Labute approximate surface area is 196 Å². The Morgan fingerprint density at radius 2 is 1.94 bits per heavy atom. The van der Waals surface area contributed by atoms with Gasteiger partial charge in [-0.3, -0.25) is 19.8 Å². The Bertz CT molecular complexity index is 1120. The lowest BCUT2D eigenvalue weighted by Crippen LogP contribution is -2.54. The molecule has 1 N–H and O–H groups in total. The molecule has 0 aliphatic carbocycles. The van der Waals surface area contributed by atoms with Gasteiger partial charge in [-0.15, -0.1) is 0 Å². The minimum absolute atomic E-state index is 0.00300. The number of anilines is 1. The molecule has 1 atom stereocenters. The van der Waals surface area contributed by atoms with Crippen LogP contribution in [-0.2, 0) is 15.8 Å². The third kappa shape index (κ3) is 5.18. The summed E-state index contributed by atoms with van der Waals surface area (Å²) in [5.74, 6) is -0.957. The average molecular weight is 527 g/mol. The van der Waals surface area contributed by atoms with E-state index in [1.165, 1.54) is 18.2 Å². The van der Waals surface area contributed by atoms with Crippen molar-refractivity contribution in [1.82, 2.24) is 5.32 Å². The smallest absolute Gasteiger partial charge is 0.416 e. The molecule has 0 aromatic heterocycles. The summed E-state index contributed by atoms with van der Waals surface area (Å²) < 4.78 is 45.7. The number of hydrogen-bond donors (Lipinski definition) is 1. The maximum atomic E-state index is 13.1. The molecule has 1 saturated heterocycles. The summed E-state index contributed by atoms with van der Waals surface area (Å²) in [5.41, 5.74) is -0.782. The van der Waals surface area contributed by atoms with Gasteiger partial charge in [0.15, 0.2) is 5.11 Å². The number of ether oxygens (including phenoxy) is 1. The number of thiocarbonyl (C=S) groups is 1. The maximum Gasteiger partial charge on any atom is 0.416 e. The van der Waals surface area contributed by atoms with E-state index in [1.807, 2.05) is 13.8 Å². The monoisotopic (exact) mass is 526 g/mol. The summed E-state index contributed by atoms with van der Waals surface area (Å²) in [6.07, 6.45) is -2.43. The molecule has 0 radical (unpaired) electrons. The zero-order valence-electron chi connectivity index (χ0n) is 17.0. The van der Waals surface area contributed by atoms with Crippen molar-refractivity contribution in [3.63, 3.8) is 0 Å². The van der Waals surface area contributed by atoms with Crippen LogP contribution >= 0.6 is 28.1 Å². The highest BCUT2D eigenvalue weighted by molar-refractivity contribution is 9.10. The largest absolute Gasteiger partial charge is 0.490 e. The van der Waals surface area contributed by atoms with Crippen molar-refractivity contribution in [2.24, 2.45) is 0 Å². The molecule has 10 heteroatoms. The molecule has 1 aliphatic rings. The fraction of sp³-hybridized carbons (Fsp3) is 0.227. The van der Waals surface area contributed by atoms with Crippen LogP contribution in [0.15, 0.2) is 52.5 Å². The number of carbonyl (C=O) groups excluding carboxylic acids is 2. The molecule has 2 amide bonds. The number of benzene rings is 2. The molecule has 2 aromatic rings. The van der Waals surface area contributed by atoms with E-state index in [0.29, 0.717) is 15.8 Å². The third-order valence-electron chi connectivity index (χ3n) is 4.70. The Kier molecular flexibility index (Phi) is 7.04. The lowest BCUT2D eigenvalue weighted by Gasteiger charge is -2.29. The molecule has 32 heavy (non-hydrogen) atoms. The molecular formula is C22H18BrF3N2O3S. The quantitative estimate of drug-likeness (QED) is 0.318. The van der Waals surface area contributed by atoms with Crippen LogP contribution in [0.25, 0.3) is 6.08 Å². The number of nitrogens with one attached hydrogen (secondary N) is 1. The van der Waals surface area contributed by atoms with E-state index in [0.717, 1.165) is 23.5 Å². The normalized spacial score (nSPS) is 16.9. The second-order valence-electron chi connectivity index (χ2n) is 7.03. The molecule has 1 heterocycles. The van der Waals surface area contributed by atoms with Crippen molar-refractivity contribution in [2.75, 3.05) is 4.90 Å². The predicted octanol–water partition coefficient (Wildman–Crippen LogP) is 5.48. The van der Waals surface area contributed by atoms with E-state index in [4.69, 9.17) is 17.0 Å². The molecule has 0 unspecified atom stereocenters. The number of amides is 2. The second kappa shape index (κ2) is 9.41. The van der Waals surface area contributed by atoms with Gasteiger partial charge in [0.25, 0.3) is 11.8 Å². The number of alkyl halides is 3. The first-order chi connectivity index (χ1) is 15.0. The molecule has 3 rings (SSSR count). The van der Waals surface area contributed by atoms with Gasteiger partial charge in [-0.2, -0.15) is 13.2 Å². The molecule has 5 nitrogen and oxygen atoms in total. The second-order valence-corrected chi connectivity index (χ2v) is 8.27. The van der Waals surface area contributed by atoms with E-state index in [1.54, 1.807) is 18.2 Å². The van der Waals surface area contributed by atoms with Crippen LogP contribution < -0.4 is 15.0 Å². The van der Waals surface area contributed by atoms with Crippen LogP contribution in [0.5, 0.6) is 5.75 Å². The topological polar surface area (TPSA) is 58.6 Å². The zero-order valence-corrected chi connectivity index (χ0v) is 19.4. The van der Waals surface area contributed by atoms with Crippen molar-refractivity contribution >= 4 is 56.8 Å². The van der Waals surface area contributed by atoms with Crippen LogP contribution in [0.3, 0.4) is 0 Å².